The van der Waals surface area contributed by atoms with Gasteiger partial charge in [0.1, 0.15) is 0 Å². The smallest absolute Gasteiger partial charge is 0.357 e. The zero-order valence-electron chi connectivity index (χ0n) is 12.4. The van der Waals surface area contributed by atoms with Gasteiger partial charge in [0.2, 0.25) is 5.88 Å². The molecule has 0 spiro atoms. The molecule has 2 N–H and O–H groups in total. The molecular weight excluding hydrogens is 268 g/mol. The maximum atomic E-state index is 11.7. The number of fused-ring (bicyclic) bond motifs is 1. The van der Waals surface area contributed by atoms with Gasteiger partial charge in [0.15, 0.2) is 11.4 Å². The number of nitrogens with one attached hydrogen (secondary N) is 1. The highest BCUT2D eigenvalue weighted by Crippen LogP contribution is 2.37. The highest BCUT2D eigenvalue weighted by molar-refractivity contribution is 5.88. The van der Waals surface area contributed by atoms with Crippen molar-refractivity contribution in [2.24, 2.45) is 0 Å². The first kappa shape index (κ1) is 13.8. The second-order valence-corrected chi connectivity index (χ2v) is 5.69. The first-order valence-corrected chi connectivity index (χ1v) is 7.35. The molecule has 0 radical (unpaired) electrons. The monoisotopic (exact) mass is 288 g/mol. The molecule has 5 nitrogen and oxygen atoms in total. The third-order valence-electron chi connectivity index (χ3n) is 4.15. The molecule has 5 heteroatoms. The van der Waals surface area contributed by atoms with Crippen molar-refractivity contribution >= 4 is 11.7 Å². The van der Waals surface area contributed by atoms with Crippen LogP contribution >= 0.6 is 0 Å². The van der Waals surface area contributed by atoms with Crippen molar-refractivity contribution in [3.05, 3.63) is 34.8 Å². The van der Waals surface area contributed by atoms with Crippen LogP contribution in [0.25, 0.3) is 0 Å². The highest BCUT2D eigenvalue weighted by Gasteiger charge is 2.29. The highest BCUT2D eigenvalue weighted by atomic mass is 16.5. The number of piperidine rings is 1. The van der Waals surface area contributed by atoms with E-state index in [1.807, 2.05) is 30.9 Å². The van der Waals surface area contributed by atoms with Crippen LogP contribution in [0.2, 0.25) is 0 Å². The van der Waals surface area contributed by atoms with Gasteiger partial charge in [-0.15, -0.1) is 0 Å². The Balaban J connectivity index is 1.95. The van der Waals surface area contributed by atoms with Gasteiger partial charge < -0.3 is 20.1 Å². The van der Waals surface area contributed by atoms with Gasteiger partial charge in [-0.25, -0.2) is 4.79 Å². The Kier molecular flexibility index (Phi) is 3.49. The van der Waals surface area contributed by atoms with Gasteiger partial charge in [0, 0.05) is 13.1 Å². The van der Waals surface area contributed by atoms with Crippen LogP contribution < -0.4 is 10.1 Å². The Hall–Kier alpha value is -2.17. The van der Waals surface area contributed by atoms with E-state index < -0.39 is 5.97 Å². The van der Waals surface area contributed by atoms with Crippen molar-refractivity contribution in [1.29, 1.82) is 0 Å². The minimum Gasteiger partial charge on any atom is -0.476 e. The van der Waals surface area contributed by atoms with E-state index in [1.165, 1.54) is 0 Å². The number of carboxylic acids is 1. The van der Waals surface area contributed by atoms with Crippen LogP contribution in [0.15, 0.2) is 23.7 Å². The lowest BCUT2D eigenvalue weighted by molar-refractivity contribution is -0.134. The van der Waals surface area contributed by atoms with Crippen LogP contribution in [-0.2, 0) is 4.79 Å². The van der Waals surface area contributed by atoms with Crippen molar-refractivity contribution in [3.63, 3.8) is 0 Å². The van der Waals surface area contributed by atoms with Crippen LogP contribution in [0.5, 0.6) is 5.75 Å². The van der Waals surface area contributed by atoms with E-state index in [1.54, 1.807) is 0 Å². The number of rotatable bonds is 2. The zero-order chi connectivity index (χ0) is 15.0. The number of hydrogen-bond acceptors (Lipinski definition) is 4. The minimum atomic E-state index is -0.944. The molecule has 0 saturated carbocycles. The van der Waals surface area contributed by atoms with Gasteiger partial charge >= 0.3 is 5.97 Å². The number of anilines is 1. The maximum Gasteiger partial charge on any atom is 0.357 e. The molecule has 1 aromatic rings. The topological polar surface area (TPSA) is 61.8 Å². The summed E-state index contributed by atoms with van der Waals surface area (Å²) < 4.78 is 5.77. The average Bonchev–Trinajstić information content (AvgIpc) is 2.82. The van der Waals surface area contributed by atoms with Gasteiger partial charge in [-0.2, -0.15) is 0 Å². The molecule has 0 bridgehead atoms. The van der Waals surface area contributed by atoms with Crippen molar-refractivity contribution < 1.29 is 14.6 Å². The molecule has 0 aromatic heterocycles. The van der Waals surface area contributed by atoms with Crippen LogP contribution in [0.4, 0.5) is 5.69 Å². The molecule has 1 fully saturated rings. The van der Waals surface area contributed by atoms with Crippen LogP contribution in [0.1, 0.15) is 30.4 Å². The number of likely N-dealkylation sites (tertiary alicyclic amines) is 1. The molecule has 2 aliphatic heterocycles. The SMILES string of the molecule is Cc1cc2c(cc1C)OC(=C(C(=O)O)N1CCCCC1)N2. The van der Waals surface area contributed by atoms with E-state index in [0.29, 0.717) is 11.6 Å². The van der Waals surface area contributed by atoms with Crippen molar-refractivity contribution in [2.45, 2.75) is 33.1 Å². The number of carbonyl (C=O) groups is 1. The molecule has 3 rings (SSSR count). The third-order valence-corrected chi connectivity index (χ3v) is 4.15. The van der Waals surface area contributed by atoms with E-state index >= 15 is 0 Å². The lowest BCUT2D eigenvalue weighted by Gasteiger charge is -2.29. The fourth-order valence-electron chi connectivity index (χ4n) is 2.83. The van der Waals surface area contributed by atoms with Gasteiger partial charge in [-0.05, 0) is 56.4 Å². The second kappa shape index (κ2) is 5.31. The van der Waals surface area contributed by atoms with E-state index in [0.717, 1.165) is 49.2 Å². The summed E-state index contributed by atoms with van der Waals surface area (Å²) in [6, 6.07) is 3.94. The molecule has 0 aliphatic carbocycles. The lowest BCUT2D eigenvalue weighted by atomic mass is 10.1. The van der Waals surface area contributed by atoms with E-state index in [-0.39, 0.29) is 5.70 Å². The molecule has 1 aromatic carbocycles. The predicted molar refractivity (Wildman–Crippen MR) is 80.3 cm³/mol. The fraction of sp³-hybridized carbons (Fsp3) is 0.438. The van der Waals surface area contributed by atoms with Crippen LogP contribution in [0, 0.1) is 13.8 Å². The molecule has 0 amide bonds. The molecule has 112 valence electrons. The molecule has 2 heterocycles. The summed E-state index contributed by atoms with van der Waals surface area (Å²) in [5.41, 5.74) is 3.36. The summed E-state index contributed by atoms with van der Waals surface area (Å²) >= 11 is 0. The second-order valence-electron chi connectivity index (χ2n) is 5.69. The number of carboxylic acid groups (broad SMARTS) is 1. The predicted octanol–water partition coefficient (Wildman–Crippen LogP) is 2.85. The van der Waals surface area contributed by atoms with Gasteiger partial charge in [-0.1, -0.05) is 0 Å². The van der Waals surface area contributed by atoms with Crippen molar-refractivity contribution in [3.8, 4) is 5.75 Å². The molecule has 1 saturated heterocycles. The Bertz CT molecular complexity index is 583. The number of ether oxygens (including phenoxy) is 1. The Morgan fingerprint density at radius 1 is 1.19 bits per heavy atom. The summed E-state index contributed by atoms with van der Waals surface area (Å²) in [7, 11) is 0. The van der Waals surface area contributed by atoms with Crippen molar-refractivity contribution in [2.75, 3.05) is 18.4 Å². The van der Waals surface area contributed by atoms with Crippen LogP contribution in [-0.4, -0.2) is 29.1 Å². The molecule has 21 heavy (non-hydrogen) atoms. The number of nitrogens with zero attached hydrogens (tertiary/aromatic N) is 1. The first-order chi connectivity index (χ1) is 10.1. The number of benzene rings is 1. The van der Waals surface area contributed by atoms with Gasteiger partial charge in [0.05, 0.1) is 5.69 Å². The Morgan fingerprint density at radius 3 is 2.52 bits per heavy atom. The molecule has 0 atom stereocenters. The lowest BCUT2D eigenvalue weighted by Crippen LogP contribution is -2.34. The average molecular weight is 288 g/mol. The first-order valence-electron chi connectivity index (χ1n) is 7.35. The largest absolute Gasteiger partial charge is 0.476 e. The molecule has 0 unspecified atom stereocenters. The van der Waals surface area contributed by atoms with Crippen LogP contribution in [0.3, 0.4) is 0 Å². The zero-order valence-corrected chi connectivity index (χ0v) is 12.4. The Labute approximate surface area is 124 Å². The maximum absolute atomic E-state index is 11.7. The normalized spacial score (nSPS) is 19.6. The fourth-order valence-corrected chi connectivity index (χ4v) is 2.83. The number of hydrogen-bond donors (Lipinski definition) is 2. The number of aryl methyl sites for hydroxylation is 2. The summed E-state index contributed by atoms with van der Waals surface area (Å²) in [5.74, 6) is 0.0916. The summed E-state index contributed by atoms with van der Waals surface area (Å²) in [6.07, 6.45) is 3.20. The van der Waals surface area contributed by atoms with Gasteiger partial charge in [-0.3, -0.25) is 0 Å². The quantitative estimate of drug-likeness (QED) is 0.819. The minimum absolute atomic E-state index is 0.237. The summed E-state index contributed by atoms with van der Waals surface area (Å²) in [4.78, 5) is 13.6. The molecule has 2 aliphatic rings. The van der Waals surface area contributed by atoms with Crippen molar-refractivity contribution in [1.82, 2.24) is 4.90 Å². The summed E-state index contributed by atoms with van der Waals surface area (Å²) in [6.45, 7) is 5.58. The van der Waals surface area contributed by atoms with E-state index in [9.17, 15) is 9.90 Å². The third kappa shape index (κ3) is 2.55. The summed E-state index contributed by atoms with van der Waals surface area (Å²) in [5, 5.41) is 12.7. The Morgan fingerprint density at radius 2 is 1.86 bits per heavy atom. The number of aliphatic carboxylic acids is 1. The molecular formula is C16H20N2O3. The van der Waals surface area contributed by atoms with E-state index in [4.69, 9.17) is 4.74 Å². The standard InChI is InChI=1S/C16H20N2O3/c1-10-8-12-13(9-11(10)2)21-15(17-12)14(16(19)20)18-6-4-3-5-7-18/h8-9,17H,3-7H2,1-2H3,(H,19,20). The van der Waals surface area contributed by atoms with E-state index in [2.05, 4.69) is 5.32 Å². The van der Waals surface area contributed by atoms with Gasteiger partial charge in [0.25, 0.3) is 0 Å².